The molecule has 0 fully saturated rings. The molecule has 0 radical (unpaired) electrons. The van der Waals surface area contributed by atoms with E-state index in [9.17, 15) is 0 Å². The summed E-state index contributed by atoms with van der Waals surface area (Å²) in [6.07, 6.45) is 44.0. The summed E-state index contributed by atoms with van der Waals surface area (Å²) in [4.78, 5) is 5.36. The molecule has 1 atom stereocenters. The van der Waals surface area contributed by atoms with Crippen LogP contribution in [0.15, 0.2) is 12.4 Å². The van der Waals surface area contributed by atoms with Gasteiger partial charge in [0.15, 0.2) is 0 Å². The monoisotopic (exact) mass is 519 g/mol. The van der Waals surface area contributed by atoms with E-state index in [0.717, 1.165) is 0 Å². The molecular weight excluding hydrogens is 448 g/mol. The lowest BCUT2D eigenvalue weighted by Crippen LogP contribution is -2.39. The largest absolute Gasteiger partial charge is 0.356 e. The molecule has 2 heteroatoms. The third-order valence-electron chi connectivity index (χ3n) is 8.57. The molecule has 220 valence electrons. The van der Waals surface area contributed by atoms with Crippen LogP contribution in [0.5, 0.6) is 0 Å². The first-order valence-corrected chi connectivity index (χ1v) is 17.5. The first-order valence-electron chi connectivity index (χ1n) is 17.5. The molecule has 0 N–H and O–H groups in total. The van der Waals surface area contributed by atoms with Gasteiger partial charge in [-0.25, -0.2) is 0 Å². The van der Waals surface area contributed by atoms with Gasteiger partial charge in [-0.05, 0) is 25.7 Å². The van der Waals surface area contributed by atoms with Crippen molar-refractivity contribution in [3.8, 4) is 0 Å². The average molecular weight is 519 g/mol. The summed E-state index contributed by atoms with van der Waals surface area (Å²) in [6, 6.07) is 0. The second kappa shape index (κ2) is 26.9. The Hall–Kier alpha value is -0.660. The van der Waals surface area contributed by atoms with Crippen LogP contribution >= 0.6 is 0 Å². The normalized spacial score (nSPS) is 15.4. The molecular formula is C35H70N2. The summed E-state index contributed by atoms with van der Waals surface area (Å²) < 4.78 is 0. The lowest BCUT2D eigenvalue weighted by Gasteiger charge is -2.33. The SMILES string of the molecule is CCCCCCCCCCCCCCCCCCCN1C=CN(CCCCCCC)C1CCCCCC. The minimum Gasteiger partial charge on any atom is -0.356 e. The molecule has 0 saturated carbocycles. The fourth-order valence-electron chi connectivity index (χ4n) is 6.01. The molecule has 1 aliphatic heterocycles. The van der Waals surface area contributed by atoms with E-state index in [1.54, 1.807) is 0 Å². The molecule has 2 nitrogen and oxygen atoms in total. The Balaban J connectivity index is 2.02. The van der Waals surface area contributed by atoms with Gasteiger partial charge in [0.25, 0.3) is 0 Å². The van der Waals surface area contributed by atoms with Gasteiger partial charge in [-0.2, -0.15) is 0 Å². The van der Waals surface area contributed by atoms with Gasteiger partial charge in [0.2, 0.25) is 0 Å². The first kappa shape index (κ1) is 34.4. The highest BCUT2D eigenvalue weighted by atomic mass is 15.4. The molecule has 0 aromatic rings. The van der Waals surface area contributed by atoms with E-state index in [-0.39, 0.29) is 0 Å². The third-order valence-corrected chi connectivity index (χ3v) is 8.57. The maximum atomic E-state index is 2.68. The highest BCUT2D eigenvalue weighted by Gasteiger charge is 2.24. The standard InChI is InChI=1S/C35H70N2/c1-4-7-10-13-14-15-16-17-18-19-20-21-22-23-24-26-29-32-37-34-33-36(31-28-25-11-8-5-2)35(37)30-27-12-9-6-3/h33-35H,4-32H2,1-3H3. The average Bonchev–Trinajstić information content (AvgIpc) is 3.29. The van der Waals surface area contributed by atoms with E-state index in [0.29, 0.717) is 6.17 Å². The van der Waals surface area contributed by atoms with E-state index in [2.05, 4.69) is 43.0 Å². The Kier molecular flexibility index (Phi) is 25.0. The molecule has 0 aromatic carbocycles. The number of rotatable bonds is 29. The van der Waals surface area contributed by atoms with Gasteiger partial charge in [0.1, 0.15) is 6.17 Å². The number of hydrogen-bond donors (Lipinski definition) is 0. The van der Waals surface area contributed by atoms with Crippen molar-refractivity contribution in [1.82, 2.24) is 9.80 Å². The van der Waals surface area contributed by atoms with E-state index in [4.69, 9.17) is 0 Å². The Morgan fingerprint density at radius 3 is 0.946 bits per heavy atom. The van der Waals surface area contributed by atoms with Gasteiger partial charge in [0, 0.05) is 25.5 Å². The molecule has 37 heavy (non-hydrogen) atoms. The topological polar surface area (TPSA) is 6.48 Å². The lowest BCUT2D eigenvalue weighted by atomic mass is 10.0. The van der Waals surface area contributed by atoms with Crippen LogP contribution in [0.25, 0.3) is 0 Å². The maximum absolute atomic E-state index is 2.68. The summed E-state index contributed by atoms with van der Waals surface area (Å²) in [5.41, 5.74) is 0. The lowest BCUT2D eigenvalue weighted by molar-refractivity contribution is 0.135. The Morgan fingerprint density at radius 2 is 0.622 bits per heavy atom. The van der Waals surface area contributed by atoms with Crippen molar-refractivity contribution < 1.29 is 0 Å². The molecule has 1 heterocycles. The fraction of sp³-hybridized carbons (Fsp3) is 0.943. The van der Waals surface area contributed by atoms with Crippen molar-refractivity contribution in [2.75, 3.05) is 13.1 Å². The van der Waals surface area contributed by atoms with Crippen LogP contribution in [0.3, 0.4) is 0 Å². The van der Waals surface area contributed by atoms with Crippen LogP contribution in [0.2, 0.25) is 0 Å². The molecule has 1 unspecified atom stereocenters. The third kappa shape index (κ3) is 20.0. The first-order chi connectivity index (χ1) is 18.3. The quantitative estimate of drug-likeness (QED) is 0.0908. The molecule has 1 aliphatic rings. The van der Waals surface area contributed by atoms with Crippen molar-refractivity contribution in [2.24, 2.45) is 0 Å². The molecule has 0 saturated heterocycles. The van der Waals surface area contributed by atoms with Crippen LogP contribution in [0.4, 0.5) is 0 Å². The smallest absolute Gasteiger partial charge is 0.101 e. The van der Waals surface area contributed by atoms with Crippen LogP contribution in [-0.4, -0.2) is 29.1 Å². The highest BCUT2D eigenvalue weighted by Crippen LogP contribution is 2.23. The van der Waals surface area contributed by atoms with E-state index in [1.807, 2.05) is 0 Å². The van der Waals surface area contributed by atoms with E-state index < -0.39 is 0 Å². The fourth-order valence-corrected chi connectivity index (χ4v) is 6.01. The van der Waals surface area contributed by atoms with Crippen molar-refractivity contribution in [3.05, 3.63) is 12.4 Å². The summed E-state index contributed by atoms with van der Waals surface area (Å²) in [7, 11) is 0. The summed E-state index contributed by atoms with van der Waals surface area (Å²) in [6.45, 7) is 9.47. The van der Waals surface area contributed by atoms with Crippen molar-refractivity contribution >= 4 is 0 Å². The van der Waals surface area contributed by atoms with Gasteiger partial charge < -0.3 is 9.80 Å². The van der Waals surface area contributed by atoms with Gasteiger partial charge in [0.05, 0.1) is 0 Å². The minimum atomic E-state index is 0.643. The van der Waals surface area contributed by atoms with Crippen LogP contribution in [0, 0.1) is 0 Å². The van der Waals surface area contributed by atoms with Crippen LogP contribution in [-0.2, 0) is 0 Å². The van der Waals surface area contributed by atoms with Gasteiger partial charge >= 0.3 is 0 Å². The van der Waals surface area contributed by atoms with Gasteiger partial charge in [-0.1, -0.05) is 168 Å². The van der Waals surface area contributed by atoms with Gasteiger partial charge in [-0.15, -0.1) is 0 Å². The predicted octanol–water partition coefficient (Wildman–Crippen LogP) is 12.0. The second-order valence-electron chi connectivity index (χ2n) is 12.2. The van der Waals surface area contributed by atoms with E-state index >= 15 is 0 Å². The summed E-state index contributed by atoms with van der Waals surface area (Å²) in [5.74, 6) is 0. The second-order valence-corrected chi connectivity index (χ2v) is 12.2. The zero-order chi connectivity index (χ0) is 26.7. The van der Waals surface area contributed by atoms with Crippen molar-refractivity contribution in [2.45, 2.75) is 200 Å². The zero-order valence-electron chi connectivity index (χ0n) is 26.1. The van der Waals surface area contributed by atoms with Crippen molar-refractivity contribution in [1.29, 1.82) is 0 Å². The number of hydrogen-bond acceptors (Lipinski definition) is 2. The molecule has 0 bridgehead atoms. The molecule has 1 rings (SSSR count). The van der Waals surface area contributed by atoms with E-state index in [1.165, 1.54) is 186 Å². The summed E-state index contributed by atoms with van der Waals surface area (Å²) >= 11 is 0. The highest BCUT2D eigenvalue weighted by molar-refractivity contribution is 4.97. The Labute approximate surface area is 235 Å². The molecule has 0 amide bonds. The zero-order valence-corrected chi connectivity index (χ0v) is 26.1. The maximum Gasteiger partial charge on any atom is 0.101 e. The molecule has 0 aliphatic carbocycles. The van der Waals surface area contributed by atoms with Crippen molar-refractivity contribution in [3.63, 3.8) is 0 Å². The predicted molar refractivity (Wildman–Crippen MR) is 168 cm³/mol. The Bertz CT molecular complexity index is 474. The minimum absolute atomic E-state index is 0.643. The number of unbranched alkanes of at least 4 members (excludes halogenated alkanes) is 23. The summed E-state index contributed by atoms with van der Waals surface area (Å²) in [5, 5.41) is 0. The molecule has 0 aromatic heterocycles. The number of nitrogens with zero attached hydrogens (tertiary/aromatic N) is 2. The van der Waals surface area contributed by atoms with Gasteiger partial charge in [-0.3, -0.25) is 0 Å². The van der Waals surface area contributed by atoms with Crippen LogP contribution < -0.4 is 0 Å². The van der Waals surface area contributed by atoms with Crippen LogP contribution in [0.1, 0.15) is 194 Å². The Morgan fingerprint density at radius 1 is 0.351 bits per heavy atom. The molecule has 0 spiro atoms.